The van der Waals surface area contributed by atoms with E-state index in [1.165, 1.54) is 0 Å². The van der Waals surface area contributed by atoms with E-state index in [0.29, 0.717) is 12.8 Å². The molecule has 1 fully saturated rings. The number of rotatable bonds is 1. The lowest BCUT2D eigenvalue weighted by Gasteiger charge is -2.36. The minimum absolute atomic E-state index is 0.131. The van der Waals surface area contributed by atoms with Crippen molar-refractivity contribution in [2.45, 2.75) is 44.1 Å². The van der Waals surface area contributed by atoms with E-state index in [1.54, 1.807) is 12.3 Å². The third-order valence-electron chi connectivity index (χ3n) is 3.27. The summed E-state index contributed by atoms with van der Waals surface area (Å²) in [6.07, 6.45) is 1.94. The molecule has 0 aliphatic heterocycles. The quantitative estimate of drug-likeness (QED) is 0.782. The minimum atomic E-state index is -2.54. The van der Waals surface area contributed by atoms with Crippen LogP contribution in [0.25, 0.3) is 0 Å². The summed E-state index contributed by atoms with van der Waals surface area (Å²) in [5, 5.41) is 0. The van der Waals surface area contributed by atoms with Gasteiger partial charge in [-0.2, -0.15) is 0 Å². The first-order chi connectivity index (χ1) is 6.93. The summed E-state index contributed by atoms with van der Waals surface area (Å²) in [4.78, 5) is 0. The Bertz CT molecular complexity index is 349. The third-order valence-corrected chi connectivity index (χ3v) is 3.27. The Morgan fingerprint density at radius 2 is 1.87 bits per heavy atom. The highest BCUT2D eigenvalue weighted by Crippen LogP contribution is 2.43. The van der Waals surface area contributed by atoms with Crippen molar-refractivity contribution >= 4 is 0 Å². The molecule has 1 aromatic heterocycles. The SMILES string of the molecule is Cc1occc1C1(N)CCC(F)(F)CC1. The lowest BCUT2D eigenvalue weighted by molar-refractivity contribution is -0.0515. The van der Waals surface area contributed by atoms with Crippen LogP contribution >= 0.6 is 0 Å². The molecule has 0 bridgehead atoms. The first-order valence-electron chi connectivity index (χ1n) is 5.14. The van der Waals surface area contributed by atoms with Crippen molar-refractivity contribution in [3.05, 3.63) is 23.7 Å². The van der Waals surface area contributed by atoms with Crippen molar-refractivity contribution in [2.24, 2.45) is 5.73 Å². The van der Waals surface area contributed by atoms with Crippen molar-refractivity contribution < 1.29 is 13.2 Å². The van der Waals surface area contributed by atoms with Crippen molar-refractivity contribution in [1.29, 1.82) is 0 Å². The number of hydrogen-bond donors (Lipinski definition) is 1. The van der Waals surface area contributed by atoms with Crippen LogP contribution < -0.4 is 5.73 Å². The molecule has 2 nitrogen and oxygen atoms in total. The second-order valence-corrected chi connectivity index (χ2v) is 4.40. The van der Waals surface area contributed by atoms with Crippen LogP contribution in [0, 0.1) is 6.92 Å². The van der Waals surface area contributed by atoms with Gasteiger partial charge in [-0.05, 0) is 25.8 Å². The minimum Gasteiger partial charge on any atom is -0.469 e. The predicted octanol–water partition coefficient (Wildman–Crippen LogP) is 2.95. The molecule has 4 heteroatoms. The summed E-state index contributed by atoms with van der Waals surface area (Å²) in [6, 6.07) is 1.79. The Morgan fingerprint density at radius 3 is 2.33 bits per heavy atom. The molecule has 1 heterocycles. The van der Waals surface area contributed by atoms with E-state index in [-0.39, 0.29) is 12.8 Å². The van der Waals surface area contributed by atoms with Gasteiger partial charge in [0.2, 0.25) is 5.92 Å². The van der Waals surface area contributed by atoms with Gasteiger partial charge in [-0.25, -0.2) is 8.78 Å². The summed E-state index contributed by atoms with van der Waals surface area (Å²) in [7, 11) is 0. The van der Waals surface area contributed by atoms with Crippen molar-refractivity contribution in [3.8, 4) is 0 Å². The molecule has 0 aromatic carbocycles. The van der Waals surface area contributed by atoms with Gasteiger partial charge in [0.25, 0.3) is 0 Å². The Balaban J connectivity index is 2.20. The van der Waals surface area contributed by atoms with E-state index in [4.69, 9.17) is 10.2 Å². The fraction of sp³-hybridized carbons (Fsp3) is 0.636. The number of furan rings is 1. The molecule has 0 spiro atoms. The molecular formula is C11H15F2NO. The van der Waals surface area contributed by atoms with Crippen LogP contribution in [0.15, 0.2) is 16.7 Å². The molecule has 2 rings (SSSR count). The fourth-order valence-corrected chi connectivity index (χ4v) is 2.23. The molecule has 1 saturated carbocycles. The van der Waals surface area contributed by atoms with Crippen molar-refractivity contribution in [2.75, 3.05) is 0 Å². The summed E-state index contributed by atoms with van der Waals surface area (Å²) in [6.45, 7) is 1.82. The number of alkyl halides is 2. The molecule has 15 heavy (non-hydrogen) atoms. The third kappa shape index (κ3) is 1.91. The molecule has 1 aliphatic rings. The molecule has 1 aromatic rings. The van der Waals surface area contributed by atoms with E-state index >= 15 is 0 Å². The molecule has 2 N–H and O–H groups in total. The van der Waals surface area contributed by atoms with E-state index in [9.17, 15) is 8.78 Å². The fourth-order valence-electron chi connectivity index (χ4n) is 2.23. The number of halogens is 2. The number of nitrogens with two attached hydrogens (primary N) is 1. The zero-order valence-electron chi connectivity index (χ0n) is 8.72. The molecule has 0 saturated heterocycles. The van der Waals surface area contributed by atoms with Gasteiger partial charge in [-0.1, -0.05) is 0 Å². The Morgan fingerprint density at radius 1 is 1.27 bits per heavy atom. The van der Waals surface area contributed by atoms with Gasteiger partial charge in [-0.15, -0.1) is 0 Å². The Labute approximate surface area is 87.4 Å². The molecule has 0 atom stereocenters. The van der Waals surface area contributed by atoms with E-state index in [0.717, 1.165) is 11.3 Å². The first kappa shape index (κ1) is 10.6. The van der Waals surface area contributed by atoms with Crippen LogP contribution in [0.3, 0.4) is 0 Å². The normalized spacial score (nSPS) is 24.0. The van der Waals surface area contributed by atoms with Gasteiger partial charge in [0.05, 0.1) is 6.26 Å². The monoisotopic (exact) mass is 215 g/mol. The average molecular weight is 215 g/mol. The van der Waals surface area contributed by atoms with Gasteiger partial charge >= 0.3 is 0 Å². The van der Waals surface area contributed by atoms with Crippen LogP contribution in [-0.2, 0) is 5.54 Å². The van der Waals surface area contributed by atoms with Gasteiger partial charge in [-0.3, -0.25) is 0 Å². The van der Waals surface area contributed by atoms with Crippen LogP contribution in [0.5, 0.6) is 0 Å². The zero-order valence-corrected chi connectivity index (χ0v) is 8.72. The first-order valence-corrected chi connectivity index (χ1v) is 5.14. The summed E-state index contributed by atoms with van der Waals surface area (Å²) in [5.41, 5.74) is 6.40. The second kappa shape index (κ2) is 3.30. The summed E-state index contributed by atoms with van der Waals surface area (Å²) < 4.78 is 31.2. The summed E-state index contributed by atoms with van der Waals surface area (Å²) in [5.74, 6) is -1.80. The maximum atomic E-state index is 13.0. The topological polar surface area (TPSA) is 39.2 Å². The van der Waals surface area contributed by atoms with Gasteiger partial charge < -0.3 is 10.2 Å². The highest BCUT2D eigenvalue weighted by atomic mass is 19.3. The van der Waals surface area contributed by atoms with Crippen LogP contribution in [0.1, 0.15) is 37.0 Å². The predicted molar refractivity (Wildman–Crippen MR) is 52.7 cm³/mol. The van der Waals surface area contributed by atoms with E-state index < -0.39 is 11.5 Å². The van der Waals surface area contributed by atoms with Gasteiger partial charge in [0.15, 0.2) is 0 Å². The second-order valence-electron chi connectivity index (χ2n) is 4.40. The average Bonchev–Trinajstić information content (AvgIpc) is 2.58. The highest BCUT2D eigenvalue weighted by Gasteiger charge is 2.43. The largest absolute Gasteiger partial charge is 0.469 e. The standard InChI is InChI=1S/C11H15F2NO/c1-8-9(2-7-15-8)10(14)3-5-11(12,13)6-4-10/h2,7H,3-6,14H2,1H3. The molecule has 1 aliphatic carbocycles. The number of aryl methyl sites for hydroxylation is 1. The molecular weight excluding hydrogens is 200 g/mol. The van der Waals surface area contributed by atoms with Crippen LogP contribution in [0.2, 0.25) is 0 Å². The zero-order chi connectivity index (χ0) is 11.1. The smallest absolute Gasteiger partial charge is 0.248 e. The van der Waals surface area contributed by atoms with E-state index in [2.05, 4.69) is 0 Å². The lowest BCUT2D eigenvalue weighted by atomic mass is 9.76. The number of hydrogen-bond acceptors (Lipinski definition) is 2. The molecule has 0 amide bonds. The van der Waals surface area contributed by atoms with Crippen LogP contribution in [-0.4, -0.2) is 5.92 Å². The Kier molecular flexibility index (Phi) is 2.34. The highest BCUT2D eigenvalue weighted by molar-refractivity contribution is 5.26. The van der Waals surface area contributed by atoms with Crippen molar-refractivity contribution in [1.82, 2.24) is 0 Å². The maximum absolute atomic E-state index is 13.0. The molecule has 0 unspecified atom stereocenters. The van der Waals surface area contributed by atoms with Gasteiger partial charge in [0.1, 0.15) is 5.76 Å². The Hall–Kier alpha value is -0.900. The summed E-state index contributed by atoms with van der Waals surface area (Å²) >= 11 is 0. The molecule has 0 radical (unpaired) electrons. The lowest BCUT2D eigenvalue weighted by Crippen LogP contribution is -2.43. The maximum Gasteiger partial charge on any atom is 0.248 e. The van der Waals surface area contributed by atoms with E-state index in [1.807, 2.05) is 6.92 Å². The molecule has 84 valence electrons. The van der Waals surface area contributed by atoms with Crippen LogP contribution in [0.4, 0.5) is 8.78 Å². The van der Waals surface area contributed by atoms with Gasteiger partial charge in [0, 0.05) is 23.9 Å². The van der Waals surface area contributed by atoms with Crippen molar-refractivity contribution in [3.63, 3.8) is 0 Å².